The van der Waals surface area contributed by atoms with Crippen LogP contribution in [0.25, 0.3) is 0 Å². The van der Waals surface area contributed by atoms with Crippen LogP contribution in [0, 0.1) is 0 Å². The first-order valence-electron chi connectivity index (χ1n) is 9.76. The molecule has 1 amide bonds. The highest BCUT2D eigenvalue weighted by Crippen LogP contribution is 2.30. The number of para-hydroxylation sites is 3. The van der Waals surface area contributed by atoms with Crippen molar-refractivity contribution >= 4 is 21.6 Å². The average Bonchev–Trinajstić information content (AvgIpc) is 2.82. The number of fused-ring (bicyclic) bond motifs is 1. The number of sulfonamides is 1. The number of carbonyl (C=O) groups excluding carboxylic acids is 1. The first-order valence-corrected chi connectivity index (χ1v) is 11.2. The molecule has 160 valence electrons. The maximum Gasteiger partial charge on any atom is 0.264 e. The van der Waals surface area contributed by atoms with E-state index in [1.165, 1.54) is 19.2 Å². The van der Waals surface area contributed by atoms with Crippen molar-refractivity contribution < 1.29 is 22.7 Å². The minimum Gasteiger partial charge on any atom is -0.486 e. The van der Waals surface area contributed by atoms with E-state index in [0.29, 0.717) is 17.2 Å². The zero-order valence-electron chi connectivity index (χ0n) is 16.9. The number of anilines is 1. The monoisotopic (exact) mass is 438 g/mol. The Balaban J connectivity index is 1.50. The Bertz CT molecular complexity index is 1180. The van der Waals surface area contributed by atoms with Crippen molar-refractivity contribution in [2.24, 2.45) is 0 Å². The van der Waals surface area contributed by atoms with Crippen LogP contribution >= 0.6 is 0 Å². The summed E-state index contributed by atoms with van der Waals surface area (Å²) in [5, 5.41) is 2.76. The maximum absolute atomic E-state index is 13.2. The van der Waals surface area contributed by atoms with Crippen LogP contribution in [-0.4, -0.2) is 40.6 Å². The Morgan fingerprint density at radius 3 is 2.39 bits per heavy atom. The second kappa shape index (κ2) is 8.69. The van der Waals surface area contributed by atoms with Crippen molar-refractivity contribution in [1.82, 2.24) is 5.32 Å². The largest absolute Gasteiger partial charge is 0.486 e. The molecule has 3 aromatic rings. The minimum absolute atomic E-state index is 0.0648. The fourth-order valence-corrected chi connectivity index (χ4v) is 4.65. The number of nitrogens with zero attached hydrogens (tertiary/aromatic N) is 1. The quantitative estimate of drug-likeness (QED) is 0.639. The lowest BCUT2D eigenvalue weighted by molar-refractivity contribution is 0.0787. The molecule has 0 fully saturated rings. The molecule has 1 atom stereocenters. The third-order valence-electron chi connectivity index (χ3n) is 4.95. The molecule has 0 unspecified atom stereocenters. The Kier molecular flexibility index (Phi) is 5.81. The highest BCUT2D eigenvalue weighted by atomic mass is 32.2. The van der Waals surface area contributed by atoms with Gasteiger partial charge >= 0.3 is 0 Å². The Hall–Kier alpha value is -3.52. The summed E-state index contributed by atoms with van der Waals surface area (Å²) in [6.07, 6.45) is -0.380. The van der Waals surface area contributed by atoms with E-state index in [0.717, 1.165) is 4.31 Å². The standard InChI is InChI=1S/C23H22N2O5S/c1-25(17-9-3-2-4-10-17)31(27,28)22-14-8-5-11-19(22)23(26)24-15-18-16-29-20-12-6-7-13-21(20)30-18/h2-14,18H,15-16H2,1H3,(H,24,26)/t18-/m1/s1. The molecule has 0 spiro atoms. The number of nitrogens with one attached hydrogen (secondary N) is 1. The van der Waals surface area contributed by atoms with Crippen molar-refractivity contribution in [1.29, 1.82) is 0 Å². The number of benzene rings is 3. The van der Waals surface area contributed by atoms with Crippen LogP contribution in [-0.2, 0) is 10.0 Å². The van der Waals surface area contributed by atoms with E-state index >= 15 is 0 Å². The molecule has 1 aliphatic rings. The van der Waals surface area contributed by atoms with Crippen LogP contribution in [0.1, 0.15) is 10.4 Å². The van der Waals surface area contributed by atoms with Gasteiger partial charge in [0.25, 0.3) is 15.9 Å². The van der Waals surface area contributed by atoms with E-state index in [2.05, 4.69) is 5.32 Å². The summed E-state index contributed by atoms with van der Waals surface area (Å²) in [5.41, 5.74) is 0.575. The molecular formula is C23H22N2O5S. The highest BCUT2D eigenvalue weighted by Gasteiger charge is 2.27. The summed E-state index contributed by atoms with van der Waals surface area (Å²) >= 11 is 0. The summed E-state index contributed by atoms with van der Waals surface area (Å²) in [6, 6.07) is 22.2. The third-order valence-corrected chi connectivity index (χ3v) is 6.79. The smallest absolute Gasteiger partial charge is 0.264 e. The van der Waals surface area contributed by atoms with Crippen LogP contribution in [0.4, 0.5) is 5.69 Å². The van der Waals surface area contributed by atoms with Gasteiger partial charge in [-0.15, -0.1) is 0 Å². The van der Waals surface area contributed by atoms with E-state index in [4.69, 9.17) is 9.47 Å². The third kappa shape index (κ3) is 4.34. The van der Waals surface area contributed by atoms with E-state index in [1.54, 1.807) is 48.5 Å². The molecule has 0 aliphatic carbocycles. The predicted molar refractivity (Wildman–Crippen MR) is 117 cm³/mol. The van der Waals surface area contributed by atoms with Crippen molar-refractivity contribution in [3.63, 3.8) is 0 Å². The van der Waals surface area contributed by atoms with E-state index in [9.17, 15) is 13.2 Å². The van der Waals surface area contributed by atoms with Gasteiger partial charge < -0.3 is 14.8 Å². The van der Waals surface area contributed by atoms with Crippen molar-refractivity contribution in [3.05, 3.63) is 84.4 Å². The topological polar surface area (TPSA) is 84.9 Å². The summed E-state index contributed by atoms with van der Waals surface area (Å²) in [5.74, 6) is 0.772. The van der Waals surface area contributed by atoms with Gasteiger partial charge in [0, 0.05) is 7.05 Å². The van der Waals surface area contributed by atoms with Gasteiger partial charge in [0.15, 0.2) is 11.5 Å². The summed E-state index contributed by atoms with van der Waals surface area (Å²) in [4.78, 5) is 12.8. The maximum atomic E-state index is 13.2. The summed E-state index contributed by atoms with van der Waals surface area (Å²) in [6.45, 7) is 0.462. The van der Waals surface area contributed by atoms with Gasteiger partial charge in [-0.3, -0.25) is 9.10 Å². The number of amides is 1. The van der Waals surface area contributed by atoms with Gasteiger partial charge in [0.1, 0.15) is 17.6 Å². The van der Waals surface area contributed by atoms with Gasteiger partial charge in [-0.1, -0.05) is 42.5 Å². The Morgan fingerprint density at radius 1 is 0.968 bits per heavy atom. The van der Waals surface area contributed by atoms with Gasteiger partial charge in [-0.05, 0) is 36.4 Å². The molecule has 3 aromatic carbocycles. The summed E-state index contributed by atoms with van der Waals surface area (Å²) in [7, 11) is -2.47. The molecule has 1 N–H and O–H groups in total. The number of rotatable bonds is 6. The van der Waals surface area contributed by atoms with Crippen molar-refractivity contribution in [2.45, 2.75) is 11.0 Å². The Labute approximate surface area is 181 Å². The number of hydrogen-bond donors (Lipinski definition) is 1. The SMILES string of the molecule is CN(c1ccccc1)S(=O)(=O)c1ccccc1C(=O)NC[C@@H]1COc2ccccc2O1. The lowest BCUT2D eigenvalue weighted by Crippen LogP contribution is -2.41. The molecular weight excluding hydrogens is 416 g/mol. The molecule has 4 rings (SSSR count). The second-order valence-electron chi connectivity index (χ2n) is 7.01. The van der Waals surface area contributed by atoms with Crippen molar-refractivity contribution in [3.8, 4) is 11.5 Å². The fraction of sp³-hybridized carbons (Fsp3) is 0.174. The molecule has 8 heteroatoms. The predicted octanol–water partition coefficient (Wildman–Crippen LogP) is 3.08. The van der Waals surface area contributed by atoms with Crippen LogP contribution in [0.3, 0.4) is 0 Å². The van der Waals surface area contributed by atoms with Crippen LogP contribution in [0.5, 0.6) is 11.5 Å². The number of hydrogen-bond acceptors (Lipinski definition) is 5. The first-order chi connectivity index (χ1) is 15.0. The molecule has 0 radical (unpaired) electrons. The lowest BCUT2D eigenvalue weighted by Gasteiger charge is -2.26. The normalized spacial score (nSPS) is 15.2. The summed E-state index contributed by atoms with van der Waals surface area (Å²) < 4.78 is 39.1. The van der Waals surface area contributed by atoms with Gasteiger partial charge in [0.2, 0.25) is 0 Å². The average molecular weight is 439 g/mol. The molecule has 7 nitrogen and oxygen atoms in total. The lowest BCUT2D eigenvalue weighted by atomic mass is 10.2. The molecule has 1 aliphatic heterocycles. The second-order valence-corrected chi connectivity index (χ2v) is 8.95. The van der Waals surface area contributed by atoms with Crippen molar-refractivity contribution in [2.75, 3.05) is 24.5 Å². The van der Waals surface area contributed by atoms with Gasteiger partial charge in [-0.25, -0.2) is 8.42 Å². The van der Waals surface area contributed by atoms with Crippen LogP contribution < -0.4 is 19.1 Å². The minimum atomic E-state index is -3.93. The number of carbonyl (C=O) groups is 1. The zero-order chi connectivity index (χ0) is 21.8. The molecule has 0 saturated carbocycles. The molecule has 0 aromatic heterocycles. The first kappa shape index (κ1) is 20.7. The fourth-order valence-electron chi connectivity index (χ4n) is 3.27. The zero-order valence-corrected chi connectivity index (χ0v) is 17.7. The molecule has 0 bridgehead atoms. The van der Waals surface area contributed by atoms with Crippen LogP contribution in [0.2, 0.25) is 0 Å². The highest BCUT2D eigenvalue weighted by molar-refractivity contribution is 7.92. The molecule has 0 saturated heterocycles. The van der Waals surface area contributed by atoms with E-state index in [1.807, 2.05) is 18.2 Å². The molecule has 1 heterocycles. The van der Waals surface area contributed by atoms with Gasteiger partial charge in [0.05, 0.1) is 17.8 Å². The van der Waals surface area contributed by atoms with Gasteiger partial charge in [-0.2, -0.15) is 0 Å². The van der Waals surface area contributed by atoms with E-state index in [-0.39, 0.29) is 29.7 Å². The van der Waals surface area contributed by atoms with E-state index < -0.39 is 15.9 Å². The Morgan fingerprint density at radius 2 is 1.61 bits per heavy atom. The number of ether oxygens (including phenoxy) is 2. The molecule has 31 heavy (non-hydrogen) atoms. The van der Waals surface area contributed by atoms with Crippen LogP contribution in [0.15, 0.2) is 83.8 Å².